The molecule has 0 saturated carbocycles. The van der Waals surface area contributed by atoms with Crippen molar-refractivity contribution in [2.45, 2.75) is 13.8 Å². The van der Waals surface area contributed by atoms with Crippen LogP contribution in [0.25, 0.3) is 6.08 Å². The van der Waals surface area contributed by atoms with E-state index in [1.54, 1.807) is 6.08 Å². The molecule has 0 unspecified atom stereocenters. The molecule has 1 fully saturated rings. The zero-order chi connectivity index (χ0) is 20.1. The van der Waals surface area contributed by atoms with Crippen LogP contribution in [0.3, 0.4) is 0 Å². The zero-order valence-corrected chi connectivity index (χ0v) is 18.0. The second-order valence-corrected chi connectivity index (χ2v) is 7.97. The summed E-state index contributed by atoms with van der Waals surface area (Å²) in [6.45, 7) is 4.95. The highest BCUT2D eigenvalue weighted by Gasteiger charge is 2.34. The number of rotatable bonds is 7. The van der Waals surface area contributed by atoms with E-state index < -0.39 is 0 Å². The lowest BCUT2D eigenvalue weighted by molar-refractivity contribution is -0.123. The Morgan fingerprint density at radius 1 is 1.11 bits per heavy atom. The molecule has 2 aromatic carbocycles. The summed E-state index contributed by atoms with van der Waals surface area (Å²) in [5, 5.41) is -0.284. The molecule has 3 rings (SSSR count). The fourth-order valence-electron chi connectivity index (χ4n) is 2.61. The average Bonchev–Trinajstić information content (AvgIpc) is 2.93. The molecule has 5 nitrogen and oxygen atoms in total. The number of benzene rings is 2. The minimum Gasteiger partial charge on any atom is -0.493 e. The Labute approximate surface area is 176 Å². The van der Waals surface area contributed by atoms with Crippen molar-refractivity contribution in [3.05, 3.63) is 63.0 Å². The summed E-state index contributed by atoms with van der Waals surface area (Å²) in [4.78, 5) is 26.4. The van der Waals surface area contributed by atoms with Crippen LogP contribution in [0.5, 0.6) is 11.5 Å². The van der Waals surface area contributed by atoms with Crippen molar-refractivity contribution in [3.8, 4) is 11.5 Å². The highest BCUT2D eigenvalue weighted by Crippen LogP contribution is 2.33. The first kappa shape index (κ1) is 20.5. The molecule has 2 aromatic rings. The van der Waals surface area contributed by atoms with Crippen molar-refractivity contribution in [1.29, 1.82) is 0 Å². The van der Waals surface area contributed by atoms with Gasteiger partial charge in [-0.2, -0.15) is 0 Å². The van der Waals surface area contributed by atoms with Gasteiger partial charge in [-0.3, -0.25) is 14.5 Å². The third-order valence-electron chi connectivity index (χ3n) is 4.03. The molecule has 0 bridgehead atoms. The van der Waals surface area contributed by atoms with Gasteiger partial charge in [0.2, 0.25) is 0 Å². The second-order valence-electron chi connectivity index (χ2n) is 6.12. The second kappa shape index (κ2) is 9.30. The molecule has 0 spiro atoms. The Morgan fingerprint density at radius 3 is 2.54 bits per heavy atom. The topological polar surface area (TPSA) is 55.8 Å². The molecule has 1 aliphatic heterocycles. The number of thioether (sulfide) groups is 1. The highest BCUT2D eigenvalue weighted by molar-refractivity contribution is 9.10. The number of carbonyl (C=O) groups is 2. The number of hydrogen-bond acceptors (Lipinski definition) is 5. The first-order chi connectivity index (χ1) is 13.5. The van der Waals surface area contributed by atoms with Crippen LogP contribution in [0.1, 0.15) is 18.1 Å². The molecule has 1 heterocycles. The monoisotopic (exact) mass is 461 g/mol. The largest absolute Gasteiger partial charge is 0.493 e. The van der Waals surface area contributed by atoms with E-state index in [0.29, 0.717) is 17.3 Å². The van der Waals surface area contributed by atoms with E-state index in [-0.39, 0.29) is 24.3 Å². The lowest BCUT2D eigenvalue weighted by Crippen LogP contribution is -2.32. The van der Waals surface area contributed by atoms with Gasteiger partial charge in [-0.15, -0.1) is 0 Å². The number of amides is 2. The lowest BCUT2D eigenvalue weighted by Gasteiger charge is -2.13. The molecule has 146 valence electrons. The van der Waals surface area contributed by atoms with E-state index in [1.807, 2.05) is 56.3 Å². The molecule has 0 N–H and O–H groups in total. The molecule has 28 heavy (non-hydrogen) atoms. The SMILES string of the molecule is CCOc1ccc(/C=C2\SC(=O)N(CCOc3ccc(C)cc3)C2=O)cc1Br. The number of halogens is 1. The first-order valence-electron chi connectivity index (χ1n) is 8.85. The van der Waals surface area contributed by atoms with Crippen molar-refractivity contribution in [2.24, 2.45) is 0 Å². The van der Waals surface area contributed by atoms with Gasteiger partial charge in [-0.05, 0) is 77.4 Å². The van der Waals surface area contributed by atoms with Crippen molar-refractivity contribution >= 4 is 44.9 Å². The van der Waals surface area contributed by atoms with E-state index in [9.17, 15) is 9.59 Å². The van der Waals surface area contributed by atoms with Gasteiger partial charge in [-0.25, -0.2) is 0 Å². The van der Waals surface area contributed by atoms with Crippen LogP contribution in [0.2, 0.25) is 0 Å². The minimum atomic E-state index is -0.299. The Kier molecular flexibility index (Phi) is 6.80. The maximum absolute atomic E-state index is 12.6. The number of nitrogens with zero attached hydrogens (tertiary/aromatic N) is 1. The lowest BCUT2D eigenvalue weighted by atomic mass is 10.2. The van der Waals surface area contributed by atoms with Crippen LogP contribution in [-0.4, -0.2) is 35.8 Å². The normalized spacial score (nSPS) is 15.4. The molecule has 2 amide bonds. The van der Waals surface area contributed by atoms with E-state index in [4.69, 9.17) is 9.47 Å². The third kappa shape index (κ3) is 4.97. The molecule has 1 saturated heterocycles. The number of ether oxygens (including phenoxy) is 2. The summed E-state index contributed by atoms with van der Waals surface area (Å²) in [5.74, 6) is 1.15. The van der Waals surface area contributed by atoms with E-state index in [0.717, 1.165) is 33.1 Å². The predicted octanol–water partition coefficient (Wildman–Crippen LogP) is 5.27. The van der Waals surface area contributed by atoms with Gasteiger partial charge >= 0.3 is 0 Å². The van der Waals surface area contributed by atoms with E-state index in [2.05, 4.69) is 15.9 Å². The van der Waals surface area contributed by atoms with Crippen LogP contribution in [-0.2, 0) is 4.79 Å². The Morgan fingerprint density at radius 2 is 1.86 bits per heavy atom. The summed E-state index contributed by atoms with van der Waals surface area (Å²) in [5.41, 5.74) is 1.96. The zero-order valence-electron chi connectivity index (χ0n) is 15.6. The van der Waals surface area contributed by atoms with Gasteiger partial charge in [0.1, 0.15) is 18.1 Å². The summed E-state index contributed by atoms with van der Waals surface area (Å²) >= 11 is 4.40. The number of aryl methyl sites for hydroxylation is 1. The Bertz CT molecular complexity index is 911. The summed E-state index contributed by atoms with van der Waals surface area (Å²) < 4.78 is 11.9. The quantitative estimate of drug-likeness (QED) is 0.525. The van der Waals surface area contributed by atoms with Crippen molar-refractivity contribution in [2.75, 3.05) is 19.8 Å². The maximum Gasteiger partial charge on any atom is 0.293 e. The van der Waals surface area contributed by atoms with Gasteiger partial charge in [-0.1, -0.05) is 23.8 Å². The maximum atomic E-state index is 12.6. The third-order valence-corrected chi connectivity index (χ3v) is 5.56. The number of carbonyl (C=O) groups excluding carboxylic acids is 2. The molecule has 0 aliphatic carbocycles. The minimum absolute atomic E-state index is 0.211. The van der Waals surface area contributed by atoms with Crippen LogP contribution >= 0.6 is 27.7 Å². The van der Waals surface area contributed by atoms with E-state index in [1.165, 1.54) is 4.90 Å². The molecular formula is C21H20BrNO4S. The fourth-order valence-corrected chi connectivity index (χ4v) is 3.99. The van der Waals surface area contributed by atoms with Crippen molar-refractivity contribution in [1.82, 2.24) is 4.90 Å². The Hall–Kier alpha value is -2.25. The van der Waals surface area contributed by atoms with Crippen LogP contribution in [0.4, 0.5) is 4.79 Å². The Balaban J connectivity index is 1.63. The summed E-state index contributed by atoms with van der Waals surface area (Å²) in [7, 11) is 0. The summed E-state index contributed by atoms with van der Waals surface area (Å²) in [6.07, 6.45) is 1.71. The van der Waals surface area contributed by atoms with E-state index >= 15 is 0 Å². The molecule has 0 aromatic heterocycles. The first-order valence-corrected chi connectivity index (χ1v) is 10.5. The molecular weight excluding hydrogens is 442 g/mol. The van der Waals surface area contributed by atoms with Crippen LogP contribution < -0.4 is 9.47 Å². The van der Waals surface area contributed by atoms with Gasteiger partial charge < -0.3 is 9.47 Å². The van der Waals surface area contributed by atoms with Crippen LogP contribution in [0.15, 0.2) is 51.8 Å². The van der Waals surface area contributed by atoms with Crippen molar-refractivity contribution in [3.63, 3.8) is 0 Å². The highest BCUT2D eigenvalue weighted by atomic mass is 79.9. The fraction of sp³-hybridized carbons (Fsp3) is 0.238. The average molecular weight is 462 g/mol. The van der Waals surface area contributed by atoms with Gasteiger partial charge in [0.15, 0.2) is 0 Å². The predicted molar refractivity (Wildman–Crippen MR) is 115 cm³/mol. The standard InChI is InChI=1S/C21H20BrNO4S/c1-3-26-18-9-6-15(12-17(18)22)13-19-20(24)23(21(25)28-19)10-11-27-16-7-4-14(2)5-8-16/h4-9,12-13H,3,10-11H2,1-2H3/b19-13-. The van der Waals surface area contributed by atoms with Gasteiger partial charge in [0, 0.05) is 0 Å². The molecule has 7 heteroatoms. The molecule has 0 radical (unpaired) electrons. The molecule has 0 atom stereocenters. The van der Waals surface area contributed by atoms with Gasteiger partial charge in [0.25, 0.3) is 11.1 Å². The molecule has 1 aliphatic rings. The number of imide groups is 1. The summed E-state index contributed by atoms with van der Waals surface area (Å²) in [6, 6.07) is 13.2. The van der Waals surface area contributed by atoms with Gasteiger partial charge in [0.05, 0.1) is 22.5 Å². The van der Waals surface area contributed by atoms with Crippen LogP contribution in [0, 0.1) is 6.92 Å². The van der Waals surface area contributed by atoms with Crippen molar-refractivity contribution < 1.29 is 19.1 Å². The number of hydrogen-bond donors (Lipinski definition) is 0. The smallest absolute Gasteiger partial charge is 0.293 e.